The van der Waals surface area contributed by atoms with Gasteiger partial charge in [-0.05, 0) is 50.5 Å². The maximum Gasteiger partial charge on any atom is 0.237 e. The van der Waals surface area contributed by atoms with Gasteiger partial charge in [0, 0.05) is 26.1 Å². The van der Waals surface area contributed by atoms with E-state index in [0.29, 0.717) is 18.4 Å². The van der Waals surface area contributed by atoms with Gasteiger partial charge < -0.3 is 15.5 Å². The molecule has 2 aliphatic heterocycles. The Morgan fingerprint density at radius 3 is 2.48 bits per heavy atom. The third-order valence-electron chi connectivity index (χ3n) is 6.05. The number of carbonyl (C=O) groups excluding carboxylic acids is 2. The molecule has 6 heteroatoms. The summed E-state index contributed by atoms with van der Waals surface area (Å²) >= 11 is 0. The fourth-order valence-corrected chi connectivity index (χ4v) is 4.52. The summed E-state index contributed by atoms with van der Waals surface area (Å²) < 4.78 is 0. The molecule has 1 saturated carbocycles. The Morgan fingerprint density at radius 2 is 1.76 bits per heavy atom. The number of halogens is 1. The molecule has 3 rings (SSSR count). The van der Waals surface area contributed by atoms with Gasteiger partial charge in [-0.2, -0.15) is 0 Å². The van der Waals surface area contributed by atoms with Crippen molar-refractivity contribution in [3.8, 4) is 0 Å². The van der Waals surface area contributed by atoms with Gasteiger partial charge >= 0.3 is 0 Å². The minimum Gasteiger partial charge on any atom is -0.354 e. The number of rotatable bonds is 6. The van der Waals surface area contributed by atoms with E-state index in [1.807, 2.05) is 4.90 Å². The molecule has 0 spiro atoms. The van der Waals surface area contributed by atoms with Crippen molar-refractivity contribution < 1.29 is 9.59 Å². The van der Waals surface area contributed by atoms with Crippen LogP contribution in [0.3, 0.4) is 0 Å². The minimum absolute atomic E-state index is 0. The minimum atomic E-state index is -0.00210. The van der Waals surface area contributed by atoms with E-state index in [4.69, 9.17) is 0 Å². The summed E-state index contributed by atoms with van der Waals surface area (Å²) in [5.74, 6) is 1.67. The Bertz CT molecular complexity index is 434. The highest BCUT2D eigenvalue weighted by Crippen LogP contribution is 2.29. The number of hydrogen-bond acceptors (Lipinski definition) is 3. The first kappa shape index (κ1) is 20.5. The Morgan fingerprint density at radius 1 is 1.00 bits per heavy atom. The molecule has 5 nitrogen and oxygen atoms in total. The van der Waals surface area contributed by atoms with Crippen molar-refractivity contribution in [2.75, 3.05) is 26.2 Å². The van der Waals surface area contributed by atoms with E-state index in [1.54, 1.807) is 0 Å². The predicted molar refractivity (Wildman–Crippen MR) is 102 cm³/mol. The Hall–Kier alpha value is -0.810. The largest absolute Gasteiger partial charge is 0.354 e. The monoisotopic (exact) mass is 371 g/mol. The van der Waals surface area contributed by atoms with Crippen LogP contribution < -0.4 is 10.6 Å². The maximum absolute atomic E-state index is 12.5. The zero-order chi connectivity index (χ0) is 16.8. The number of piperidine rings is 1. The lowest BCUT2D eigenvalue weighted by Gasteiger charge is -2.33. The summed E-state index contributed by atoms with van der Waals surface area (Å²) in [4.78, 5) is 26.6. The van der Waals surface area contributed by atoms with Gasteiger partial charge in [0.2, 0.25) is 11.8 Å². The first-order valence-corrected chi connectivity index (χ1v) is 10.0. The Kier molecular flexibility index (Phi) is 8.50. The van der Waals surface area contributed by atoms with Crippen molar-refractivity contribution in [3.63, 3.8) is 0 Å². The topological polar surface area (TPSA) is 61.4 Å². The third kappa shape index (κ3) is 6.14. The molecule has 2 amide bonds. The van der Waals surface area contributed by atoms with Crippen LogP contribution in [0.2, 0.25) is 0 Å². The number of nitrogens with one attached hydrogen (secondary N) is 2. The smallest absolute Gasteiger partial charge is 0.237 e. The molecule has 0 aromatic heterocycles. The SMILES string of the molecule is Cl.O=C(NCC1CCCN(C(=O)CCC2CCCC2)C1)C1CCCN1. The van der Waals surface area contributed by atoms with Crippen LogP contribution in [-0.2, 0) is 9.59 Å². The van der Waals surface area contributed by atoms with E-state index in [2.05, 4.69) is 10.6 Å². The average molecular weight is 372 g/mol. The molecule has 0 aromatic carbocycles. The Balaban J connectivity index is 0.00000225. The molecule has 0 bridgehead atoms. The molecule has 25 heavy (non-hydrogen) atoms. The van der Waals surface area contributed by atoms with Gasteiger partial charge in [-0.3, -0.25) is 9.59 Å². The first-order chi connectivity index (χ1) is 11.7. The lowest BCUT2D eigenvalue weighted by molar-refractivity contribution is -0.133. The highest BCUT2D eigenvalue weighted by molar-refractivity contribution is 5.85. The lowest BCUT2D eigenvalue weighted by atomic mass is 9.96. The molecule has 144 valence electrons. The second-order valence-corrected chi connectivity index (χ2v) is 7.93. The van der Waals surface area contributed by atoms with Gasteiger partial charge in [0.05, 0.1) is 6.04 Å². The first-order valence-electron chi connectivity index (χ1n) is 10.0. The van der Waals surface area contributed by atoms with Crippen LogP contribution in [0, 0.1) is 11.8 Å². The third-order valence-corrected chi connectivity index (χ3v) is 6.05. The molecule has 0 radical (unpaired) electrons. The van der Waals surface area contributed by atoms with E-state index in [0.717, 1.165) is 64.1 Å². The molecule has 2 saturated heterocycles. The van der Waals surface area contributed by atoms with E-state index in [-0.39, 0.29) is 24.4 Å². The van der Waals surface area contributed by atoms with Crippen molar-refractivity contribution in [1.82, 2.24) is 15.5 Å². The summed E-state index contributed by atoms with van der Waals surface area (Å²) in [6.45, 7) is 3.38. The van der Waals surface area contributed by atoms with Crippen molar-refractivity contribution in [2.24, 2.45) is 11.8 Å². The predicted octanol–water partition coefficient (Wildman–Crippen LogP) is 2.49. The highest BCUT2D eigenvalue weighted by Gasteiger charge is 2.27. The van der Waals surface area contributed by atoms with Gasteiger partial charge in [-0.1, -0.05) is 25.7 Å². The zero-order valence-electron chi connectivity index (χ0n) is 15.3. The molecule has 2 atom stereocenters. The summed E-state index contributed by atoms with van der Waals surface area (Å²) in [7, 11) is 0. The van der Waals surface area contributed by atoms with Crippen molar-refractivity contribution in [2.45, 2.75) is 70.3 Å². The summed E-state index contributed by atoms with van der Waals surface area (Å²) in [6, 6.07) is -0.00210. The van der Waals surface area contributed by atoms with E-state index in [1.165, 1.54) is 25.7 Å². The number of hydrogen-bond donors (Lipinski definition) is 2. The summed E-state index contributed by atoms with van der Waals surface area (Å²) in [5, 5.41) is 6.33. The number of amides is 2. The van der Waals surface area contributed by atoms with E-state index in [9.17, 15) is 9.59 Å². The zero-order valence-corrected chi connectivity index (χ0v) is 16.1. The van der Waals surface area contributed by atoms with Crippen LogP contribution in [0.4, 0.5) is 0 Å². The second-order valence-electron chi connectivity index (χ2n) is 7.93. The van der Waals surface area contributed by atoms with Crippen LogP contribution in [0.1, 0.15) is 64.2 Å². The molecular formula is C19H34ClN3O2. The Labute approximate surface area is 158 Å². The molecule has 1 aliphatic carbocycles. The normalized spacial score (nSPS) is 27.1. The number of likely N-dealkylation sites (tertiary alicyclic amines) is 1. The molecule has 2 heterocycles. The molecule has 3 aliphatic rings. The van der Waals surface area contributed by atoms with Gasteiger partial charge in [-0.25, -0.2) is 0 Å². The molecular weight excluding hydrogens is 338 g/mol. The van der Waals surface area contributed by atoms with E-state index < -0.39 is 0 Å². The molecule has 2 unspecified atom stereocenters. The average Bonchev–Trinajstić information content (AvgIpc) is 3.31. The second kappa shape index (κ2) is 10.4. The van der Waals surface area contributed by atoms with Crippen LogP contribution in [0.25, 0.3) is 0 Å². The number of carbonyl (C=O) groups is 2. The fraction of sp³-hybridized carbons (Fsp3) is 0.895. The molecule has 2 N–H and O–H groups in total. The summed E-state index contributed by atoms with van der Waals surface area (Å²) in [6.07, 6.45) is 11.3. The van der Waals surface area contributed by atoms with E-state index >= 15 is 0 Å². The van der Waals surface area contributed by atoms with Crippen LogP contribution >= 0.6 is 12.4 Å². The van der Waals surface area contributed by atoms with Crippen molar-refractivity contribution >= 4 is 24.2 Å². The molecule has 0 aromatic rings. The van der Waals surface area contributed by atoms with Crippen LogP contribution in [0.15, 0.2) is 0 Å². The fourth-order valence-electron chi connectivity index (χ4n) is 4.52. The number of nitrogens with zero attached hydrogens (tertiary/aromatic N) is 1. The van der Waals surface area contributed by atoms with Gasteiger partial charge in [0.15, 0.2) is 0 Å². The van der Waals surface area contributed by atoms with Gasteiger partial charge in [0.25, 0.3) is 0 Å². The van der Waals surface area contributed by atoms with Crippen LogP contribution in [-0.4, -0.2) is 48.9 Å². The quantitative estimate of drug-likeness (QED) is 0.754. The highest BCUT2D eigenvalue weighted by atomic mass is 35.5. The van der Waals surface area contributed by atoms with Crippen molar-refractivity contribution in [3.05, 3.63) is 0 Å². The van der Waals surface area contributed by atoms with Crippen molar-refractivity contribution in [1.29, 1.82) is 0 Å². The van der Waals surface area contributed by atoms with Crippen LogP contribution in [0.5, 0.6) is 0 Å². The molecule has 3 fully saturated rings. The maximum atomic E-state index is 12.5. The lowest BCUT2D eigenvalue weighted by Crippen LogP contribution is -2.46. The summed E-state index contributed by atoms with van der Waals surface area (Å²) in [5.41, 5.74) is 0. The van der Waals surface area contributed by atoms with Gasteiger partial charge in [0.1, 0.15) is 0 Å². The van der Waals surface area contributed by atoms with Gasteiger partial charge in [-0.15, -0.1) is 12.4 Å². The standard InChI is InChI=1S/C19H33N3O2.ClH/c23-18(10-9-15-5-1-2-6-15)22-12-4-7-16(14-22)13-21-19(24)17-8-3-11-20-17;/h15-17,20H,1-14H2,(H,21,24);1H.